The Balaban J connectivity index is 1.34. The molecule has 142 valence electrons. The first-order chi connectivity index (χ1) is 13.2. The molecule has 0 bridgehead atoms. The summed E-state index contributed by atoms with van der Waals surface area (Å²) < 4.78 is 0. The topological polar surface area (TPSA) is 55.8 Å². The first-order valence-corrected chi connectivity index (χ1v) is 9.57. The molecule has 7 nitrogen and oxygen atoms in total. The molecule has 0 radical (unpaired) electrons. The normalized spacial score (nSPS) is 18.6. The zero-order valence-corrected chi connectivity index (χ0v) is 15.8. The molecular weight excluding hydrogens is 340 g/mol. The number of carbonyl (C=O) groups excluding carboxylic acids is 1. The Hall–Kier alpha value is -2.67. The van der Waals surface area contributed by atoms with Crippen LogP contribution in [-0.2, 0) is 0 Å². The number of likely N-dealkylation sites (N-methyl/N-ethyl adjacent to an activating group) is 1. The zero-order chi connectivity index (χ0) is 18.6. The largest absolute Gasteiger partial charge is 0.353 e. The summed E-state index contributed by atoms with van der Waals surface area (Å²) >= 11 is 0. The van der Waals surface area contributed by atoms with Gasteiger partial charge in [-0.3, -0.25) is 4.79 Å². The first-order valence-electron chi connectivity index (χ1n) is 9.57. The monoisotopic (exact) mass is 366 g/mol. The predicted molar refractivity (Wildman–Crippen MR) is 106 cm³/mol. The first kappa shape index (κ1) is 17.7. The average molecular weight is 366 g/mol. The van der Waals surface area contributed by atoms with Crippen LogP contribution in [-0.4, -0.2) is 85.3 Å². The van der Waals surface area contributed by atoms with E-state index >= 15 is 0 Å². The maximum absolute atomic E-state index is 12.6. The molecule has 2 aliphatic heterocycles. The summed E-state index contributed by atoms with van der Waals surface area (Å²) in [7, 11) is 2.15. The highest BCUT2D eigenvalue weighted by atomic mass is 16.2. The summed E-state index contributed by atoms with van der Waals surface area (Å²) in [6.07, 6.45) is 0. The summed E-state index contributed by atoms with van der Waals surface area (Å²) in [6, 6.07) is 13.6. The third-order valence-corrected chi connectivity index (χ3v) is 5.38. The molecule has 2 aromatic rings. The van der Waals surface area contributed by atoms with Gasteiger partial charge in [0.25, 0.3) is 5.91 Å². The molecule has 0 spiro atoms. The summed E-state index contributed by atoms with van der Waals surface area (Å²) in [5, 5.41) is 8.88. The summed E-state index contributed by atoms with van der Waals surface area (Å²) in [6.45, 7) is 7.06. The van der Waals surface area contributed by atoms with Crippen molar-refractivity contribution in [3.8, 4) is 0 Å². The van der Waals surface area contributed by atoms with Crippen molar-refractivity contribution in [2.45, 2.75) is 0 Å². The standard InChI is InChI=1S/C20H26N6O/c1-23-9-11-24(12-10-23)18-7-8-19(22-21-18)25-13-15-26(16-14-25)20(27)17-5-3-2-4-6-17/h2-8H,9-16H2,1H3. The van der Waals surface area contributed by atoms with Crippen LogP contribution in [0.25, 0.3) is 0 Å². The van der Waals surface area contributed by atoms with Gasteiger partial charge in [-0.1, -0.05) is 18.2 Å². The molecule has 7 heteroatoms. The van der Waals surface area contributed by atoms with Gasteiger partial charge >= 0.3 is 0 Å². The third kappa shape index (κ3) is 4.03. The molecule has 4 rings (SSSR count). The van der Waals surface area contributed by atoms with E-state index in [1.54, 1.807) is 0 Å². The Kier molecular flexibility index (Phi) is 5.20. The van der Waals surface area contributed by atoms with Crippen LogP contribution in [0.3, 0.4) is 0 Å². The maximum atomic E-state index is 12.6. The van der Waals surface area contributed by atoms with Crippen LogP contribution in [0.15, 0.2) is 42.5 Å². The second-order valence-electron chi connectivity index (χ2n) is 7.19. The van der Waals surface area contributed by atoms with Gasteiger partial charge in [-0.2, -0.15) is 0 Å². The highest BCUT2D eigenvalue weighted by Crippen LogP contribution is 2.18. The van der Waals surface area contributed by atoms with Gasteiger partial charge < -0.3 is 19.6 Å². The average Bonchev–Trinajstić information content (AvgIpc) is 2.75. The number of amides is 1. The van der Waals surface area contributed by atoms with Crippen molar-refractivity contribution < 1.29 is 4.79 Å². The molecule has 0 unspecified atom stereocenters. The number of hydrogen-bond donors (Lipinski definition) is 0. The van der Waals surface area contributed by atoms with Crippen LogP contribution < -0.4 is 9.80 Å². The second-order valence-corrected chi connectivity index (χ2v) is 7.19. The van der Waals surface area contributed by atoms with E-state index in [-0.39, 0.29) is 5.91 Å². The highest BCUT2D eigenvalue weighted by Gasteiger charge is 2.23. The number of piperazine rings is 2. The minimum absolute atomic E-state index is 0.103. The minimum atomic E-state index is 0.103. The molecule has 0 saturated carbocycles. The second kappa shape index (κ2) is 7.92. The molecule has 1 aromatic carbocycles. The van der Waals surface area contributed by atoms with Gasteiger partial charge in [0.1, 0.15) is 0 Å². The van der Waals surface area contributed by atoms with Crippen molar-refractivity contribution in [3.63, 3.8) is 0 Å². The van der Waals surface area contributed by atoms with Crippen LogP contribution >= 0.6 is 0 Å². The lowest BCUT2D eigenvalue weighted by Gasteiger charge is -2.36. The van der Waals surface area contributed by atoms with E-state index in [1.807, 2.05) is 35.2 Å². The maximum Gasteiger partial charge on any atom is 0.253 e. The third-order valence-electron chi connectivity index (χ3n) is 5.38. The van der Waals surface area contributed by atoms with Gasteiger partial charge in [0.2, 0.25) is 0 Å². The van der Waals surface area contributed by atoms with Crippen molar-refractivity contribution in [3.05, 3.63) is 48.0 Å². The van der Waals surface area contributed by atoms with Gasteiger partial charge in [0.15, 0.2) is 11.6 Å². The van der Waals surface area contributed by atoms with Gasteiger partial charge in [-0.05, 0) is 31.3 Å². The van der Waals surface area contributed by atoms with Crippen LogP contribution in [0.2, 0.25) is 0 Å². The zero-order valence-electron chi connectivity index (χ0n) is 15.8. The van der Waals surface area contributed by atoms with Crippen LogP contribution in [0, 0.1) is 0 Å². The van der Waals surface area contributed by atoms with E-state index in [4.69, 9.17) is 0 Å². The number of rotatable bonds is 3. The van der Waals surface area contributed by atoms with Crippen LogP contribution in [0.1, 0.15) is 10.4 Å². The number of hydrogen-bond acceptors (Lipinski definition) is 6. The van der Waals surface area contributed by atoms with Gasteiger partial charge in [0.05, 0.1) is 0 Å². The smallest absolute Gasteiger partial charge is 0.253 e. The van der Waals surface area contributed by atoms with Crippen molar-refractivity contribution >= 4 is 17.5 Å². The van der Waals surface area contributed by atoms with Crippen molar-refractivity contribution in [2.24, 2.45) is 0 Å². The molecule has 3 heterocycles. The Labute approximate surface area is 160 Å². The Morgan fingerprint density at radius 3 is 1.78 bits per heavy atom. The number of benzene rings is 1. The number of carbonyl (C=O) groups is 1. The Morgan fingerprint density at radius 1 is 0.741 bits per heavy atom. The summed E-state index contributed by atoms with van der Waals surface area (Å²) in [5.41, 5.74) is 0.752. The van der Waals surface area contributed by atoms with Crippen molar-refractivity contribution in [1.82, 2.24) is 20.0 Å². The van der Waals surface area contributed by atoms with E-state index in [0.717, 1.165) is 56.5 Å². The van der Waals surface area contributed by atoms with E-state index in [0.29, 0.717) is 13.1 Å². The summed E-state index contributed by atoms with van der Waals surface area (Å²) in [4.78, 5) is 21.3. The van der Waals surface area contributed by atoms with E-state index < -0.39 is 0 Å². The Bertz CT molecular complexity index is 750. The van der Waals surface area contributed by atoms with Gasteiger partial charge in [-0.25, -0.2) is 0 Å². The van der Waals surface area contributed by atoms with E-state index in [1.165, 1.54) is 0 Å². The molecule has 27 heavy (non-hydrogen) atoms. The molecule has 2 aliphatic rings. The summed E-state index contributed by atoms with van der Waals surface area (Å²) in [5.74, 6) is 1.94. The lowest BCUT2D eigenvalue weighted by molar-refractivity contribution is 0.0746. The van der Waals surface area contributed by atoms with Gasteiger partial charge in [-0.15, -0.1) is 10.2 Å². The fraction of sp³-hybridized carbons (Fsp3) is 0.450. The SMILES string of the molecule is CN1CCN(c2ccc(N3CCN(C(=O)c4ccccc4)CC3)nn2)CC1. The fourth-order valence-corrected chi connectivity index (χ4v) is 3.59. The van der Waals surface area contributed by atoms with Crippen molar-refractivity contribution in [1.29, 1.82) is 0 Å². The predicted octanol–water partition coefficient (Wildman–Crippen LogP) is 1.19. The fourth-order valence-electron chi connectivity index (χ4n) is 3.59. The quantitative estimate of drug-likeness (QED) is 0.813. The molecule has 0 atom stereocenters. The molecule has 2 fully saturated rings. The van der Waals surface area contributed by atoms with Gasteiger partial charge in [0, 0.05) is 57.9 Å². The lowest BCUT2D eigenvalue weighted by atomic mass is 10.2. The number of anilines is 2. The molecule has 2 saturated heterocycles. The lowest BCUT2D eigenvalue weighted by Crippen LogP contribution is -2.49. The molecule has 1 amide bonds. The number of aromatic nitrogens is 2. The number of nitrogens with zero attached hydrogens (tertiary/aromatic N) is 6. The molecule has 0 aliphatic carbocycles. The minimum Gasteiger partial charge on any atom is -0.353 e. The van der Waals surface area contributed by atoms with Crippen LogP contribution in [0.4, 0.5) is 11.6 Å². The van der Waals surface area contributed by atoms with Crippen molar-refractivity contribution in [2.75, 3.05) is 69.2 Å². The van der Waals surface area contributed by atoms with Crippen LogP contribution in [0.5, 0.6) is 0 Å². The van der Waals surface area contributed by atoms with E-state index in [9.17, 15) is 4.79 Å². The molecule has 1 aromatic heterocycles. The highest BCUT2D eigenvalue weighted by molar-refractivity contribution is 5.94. The van der Waals surface area contributed by atoms with E-state index in [2.05, 4.69) is 44.1 Å². The molecule has 0 N–H and O–H groups in total. The molecular formula is C20H26N6O. The Morgan fingerprint density at radius 2 is 1.26 bits per heavy atom.